The van der Waals surface area contributed by atoms with Crippen LogP contribution in [0.3, 0.4) is 0 Å². The normalized spacial score (nSPS) is 10.1. The summed E-state index contributed by atoms with van der Waals surface area (Å²) in [7, 11) is 0. The van der Waals surface area contributed by atoms with E-state index in [1.54, 1.807) is 0 Å². The van der Waals surface area contributed by atoms with E-state index < -0.39 is 18.3 Å². The number of halogens is 3. The summed E-state index contributed by atoms with van der Waals surface area (Å²) in [6.45, 7) is -1.06. The van der Waals surface area contributed by atoms with E-state index in [1.165, 1.54) is 0 Å². The first-order valence-corrected chi connectivity index (χ1v) is 3.58. The standard InChI is InChI=1S/C8H8F3NO/c9-1-2-13-8-4-5(10)7(12)3-6(8)11/h3-4H,1-2,12H2. The Morgan fingerprint density at radius 1 is 1.23 bits per heavy atom. The maximum atomic E-state index is 12.9. The van der Waals surface area contributed by atoms with Gasteiger partial charge in [0.25, 0.3) is 0 Å². The van der Waals surface area contributed by atoms with Crippen molar-refractivity contribution in [2.75, 3.05) is 19.0 Å². The molecule has 0 bridgehead atoms. The molecule has 0 fully saturated rings. The van der Waals surface area contributed by atoms with E-state index in [9.17, 15) is 13.2 Å². The number of hydrogen-bond donors (Lipinski definition) is 1. The lowest BCUT2D eigenvalue weighted by Gasteiger charge is -2.05. The molecule has 1 aromatic rings. The van der Waals surface area contributed by atoms with Gasteiger partial charge < -0.3 is 10.5 Å². The fraction of sp³-hybridized carbons (Fsp3) is 0.250. The van der Waals surface area contributed by atoms with Crippen LogP contribution in [0.4, 0.5) is 18.9 Å². The summed E-state index contributed by atoms with van der Waals surface area (Å²) in [4.78, 5) is 0. The van der Waals surface area contributed by atoms with E-state index in [0.29, 0.717) is 0 Å². The van der Waals surface area contributed by atoms with Crippen LogP contribution in [0.25, 0.3) is 0 Å². The molecule has 0 saturated carbocycles. The SMILES string of the molecule is Nc1cc(F)c(OCCF)cc1F. The van der Waals surface area contributed by atoms with E-state index in [-0.39, 0.29) is 18.0 Å². The van der Waals surface area contributed by atoms with Crippen LogP contribution >= 0.6 is 0 Å². The zero-order valence-corrected chi connectivity index (χ0v) is 6.69. The number of nitrogens with two attached hydrogens (primary N) is 1. The van der Waals surface area contributed by atoms with Crippen LogP contribution < -0.4 is 10.5 Å². The summed E-state index contributed by atoms with van der Waals surface area (Å²) in [5, 5.41) is 0. The van der Waals surface area contributed by atoms with Gasteiger partial charge in [-0.2, -0.15) is 0 Å². The number of ether oxygens (including phenoxy) is 1. The minimum Gasteiger partial charge on any atom is -0.488 e. The maximum Gasteiger partial charge on any atom is 0.167 e. The topological polar surface area (TPSA) is 35.2 Å². The molecule has 2 nitrogen and oxygen atoms in total. The highest BCUT2D eigenvalue weighted by atomic mass is 19.1. The van der Waals surface area contributed by atoms with Gasteiger partial charge in [-0.1, -0.05) is 0 Å². The molecule has 13 heavy (non-hydrogen) atoms. The van der Waals surface area contributed by atoms with Gasteiger partial charge in [-0.3, -0.25) is 0 Å². The summed E-state index contributed by atoms with van der Waals surface area (Å²) in [6.07, 6.45) is 0. The molecule has 0 radical (unpaired) electrons. The van der Waals surface area contributed by atoms with E-state index >= 15 is 0 Å². The van der Waals surface area contributed by atoms with Gasteiger partial charge >= 0.3 is 0 Å². The average Bonchev–Trinajstić information content (AvgIpc) is 2.09. The van der Waals surface area contributed by atoms with Crippen molar-refractivity contribution >= 4 is 5.69 Å². The second kappa shape index (κ2) is 4.02. The Morgan fingerprint density at radius 3 is 2.54 bits per heavy atom. The van der Waals surface area contributed by atoms with Crippen molar-refractivity contribution in [1.29, 1.82) is 0 Å². The van der Waals surface area contributed by atoms with Crippen molar-refractivity contribution in [2.45, 2.75) is 0 Å². The van der Waals surface area contributed by atoms with Crippen molar-refractivity contribution in [3.05, 3.63) is 23.8 Å². The number of rotatable bonds is 3. The number of benzene rings is 1. The highest BCUT2D eigenvalue weighted by molar-refractivity contribution is 5.44. The zero-order valence-electron chi connectivity index (χ0n) is 6.69. The first-order chi connectivity index (χ1) is 6.15. The van der Waals surface area contributed by atoms with Crippen LogP contribution in [-0.4, -0.2) is 13.3 Å². The molecule has 2 N–H and O–H groups in total. The van der Waals surface area contributed by atoms with Gasteiger partial charge in [0.2, 0.25) is 0 Å². The van der Waals surface area contributed by atoms with Gasteiger partial charge in [-0.15, -0.1) is 0 Å². The van der Waals surface area contributed by atoms with E-state index in [2.05, 4.69) is 4.74 Å². The van der Waals surface area contributed by atoms with Crippen LogP contribution in [0, 0.1) is 11.6 Å². The van der Waals surface area contributed by atoms with Crippen LogP contribution in [0.15, 0.2) is 12.1 Å². The Morgan fingerprint density at radius 2 is 1.92 bits per heavy atom. The third-order valence-corrected chi connectivity index (χ3v) is 1.39. The Balaban J connectivity index is 2.88. The quantitative estimate of drug-likeness (QED) is 0.740. The minimum absolute atomic E-state index is 0.301. The van der Waals surface area contributed by atoms with Crippen molar-refractivity contribution in [2.24, 2.45) is 0 Å². The largest absolute Gasteiger partial charge is 0.488 e. The van der Waals surface area contributed by atoms with Crippen LogP contribution in [0.5, 0.6) is 5.75 Å². The van der Waals surface area contributed by atoms with Gasteiger partial charge in [-0.05, 0) is 0 Å². The fourth-order valence-corrected chi connectivity index (χ4v) is 0.803. The van der Waals surface area contributed by atoms with Crippen LogP contribution in [0.2, 0.25) is 0 Å². The highest BCUT2D eigenvalue weighted by Crippen LogP contribution is 2.22. The molecule has 0 aliphatic heterocycles. The van der Waals surface area contributed by atoms with Crippen molar-refractivity contribution in [3.63, 3.8) is 0 Å². The third kappa shape index (κ3) is 2.27. The second-order valence-electron chi connectivity index (χ2n) is 2.34. The first-order valence-electron chi connectivity index (χ1n) is 3.58. The third-order valence-electron chi connectivity index (χ3n) is 1.39. The number of alkyl halides is 1. The summed E-state index contributed by atoms with van der Waals surface area (Å²) in [6, 6.07) is 1.59. The fourth-order valence-electron chi connectivity index (χ4n) is 0.803. The summed E-state index contributed by atoms with van der Waals surface area (Å²) in [5.41, 5.74) is 4.77. The Hall–Kier alpha value is -1.39. The van der Waals surface area contributed by atoms with Gasteiger partial charge in [0.15, 0.2) is 11.6 Å². The molecule has 0 aliphatic carbocycles. The molecule has 72 valence electrons. The molecule has 0 aromatic heterocycles. The second-order valence-corrected chi connectivity index (χ2v) is 2.34. The molecule has 1 rings (SSSR count). The van der Waals surface area contributed by atoms with Crippen molar-refractivity contribution < 1.29 is 17.9 Å². The Labute approximate surface area is 73.1 Å². The summed E-state index contributed by atoms with van der Waals surface area (Å²) in [5.74, 6) is -1.91. The Bertz CT molecular complexity index is 304. The lowest BCUT2D eigenvalue weighted by Crippen LogP contribution is -2.02. The summed E-state index contributed by atoms with van der Waals surface area (Å²) >= 11 is 0. The molecule has 0 amide bonds. The highest BCUT2D eigenvalue weighted by Gasteiger charge is 2.08. The number of anilines is 1. The predicted octanol–water partition coefficient (Wildman–Crippen LogP) is 1.90. The van der Waals surface area contributed by atoms with Gasteiger partial charge in [0, 0.05) is 12.1 Å². The number of hydrogen-bond acceptors (Lipinski definition) is 2. The molecule has 1 aromatic carbocycles. The first kappa shape index (κ1) is 9.70. The van der Waals surface area contributed by atoms with E-state index in [1.807, 2.05) is 0 Å². The maximum absolute atomic E-state index is 12.9. The molecular weight excluding hydrogens is 183 g/mol. The van der Waals surface area contributed by atoms with Crippen molar-refractivity contribution in [1.82, 2.24) is 0 Å². The summed E-state index contributed by atoms with van der Waals surface area (Å²) < 4.78 is 41.8. The minimum atomic E-state index is -0.799. The predicted molar refractivity (Wildman–Crippen MR) is 42.2 cm³/mol. The molecule has 0 spiro atoms. The van der Waals surface area contributed by atoms with Crippen LogP contribution in [-0.2, 0) is 0 Å². The van der Waals surface area contributed by atoms with Gasteiger partial charge in [-0.25, -0.2) is 13.2 Å². The number of nitrogen functional groups attached to an aromatic ring is 1. The van der Waals surface area contributed by atoms with Gasteiger partial charge in [0.05, 0.1) is 5.69 Å². The van der Waals surface area contributed by atoms with E-state index in [4.69, 9.17) is 5.73 Å². The molecule has 5 heteroatoms. The molecule has 0 heterocycles. The van der Waals surface area contributed by atoms with Crippen molar-refractivity contribution in [3.8, 4) is 5.75 Å². The molecule has 0 atom stereocenters. The molecule has 0 aliphatic rings. The molecule has 0 unspecified atom stereocenters. The van der Waals surface area contributed by atoms with Gasteiger partial charge in [0.1, 0.15) is 19.1 Å². The smallest absolute Gasteiger partial charge is 0.167 e. The van der Waals surface area contributed by atoms with E-state index in [0.717, 1.165) is 12.1 Å². The average molecular weight is 191 g/mol. The lowest BCUT2D eigenvalue weighted by atomic mass is 10.3. The Kier molecular flexibility index (Phi) is 3.00. The van der Waals surface area contributed by atoms with Crippen LogP contribution in [0.1, 0.15) is 0 Å². The molecule has 0 saturated heterocycles. The lowest BCUT2D eigenvalue weighted by molar-refractivity contribution is 0.261. The molecular formula is C8H8F3NO. The zero-order chi connectivity index (χ0) is 9.84. The monoisotopic (exact) mass is 191 g/mol.